The minimum Gasteiger partial charge on any atom is -0.497 e. The van der Waals surface area contributed by atoms with Crippen LogP contribution in [-0.4, -0.2) is 34.7 Å². The number of benzene rings is 2. The zero-order valence-electron chi connectivity index (χ0n) is 17.3. The second kappa shape index (κ2) is 8.62. The summed E-state index contributed by atoms with van der Waals surface area (Å²) in [6.07, 6.45) is -4.79. The fourth-order valence-electron chi connectivity index (χ4n) is 3.16. The summed E-state index contributed by atoms with van der Waals surface area (Å²) < 4.78 is 52.3. The Morgan fingerprint density at radius 3 is 2.36 bits per heavy atom. The summed E-state index contributed by atoms with van der Waals surface area (Å²) in [7, 11) is 2.90. The highest BCUT2D eigenvalue weighted by atomic mass is 35.5. The van der Waals surface area contributed by atoms with Crippen LogP contribution in [-0.2, 0) is 6.18 Å². The molecule has 0 saturated carbocycles. The van der Waals surface area contributed by atoms with Gasteiger partial charge in [-0.1, -0.05) is 29.8 Å². The number of carbonyl (C=O) groups is 1. The van der Waals surface area contributed by atoms with E-state index in [4.69, 9.17) is 21.1 Å². The van der Waals surface area contributed by atoms with Crippen LogP contribution in [0.2, 0.25) is 5.02 Å². The lowest BCUT2D eigenvalue weighted by atomic mass is 10.1. The van der Waals surface area contributed by atoms with Crippen molar-refractivity contribution in [3.63, 3.8) is 0 Å². The van der Waals surface area contributed by atoms with Gasteiger partial charge in [0.25, 0.3) is 5.91 Å². The summed E-state index contributed by atoms with van der Waals surface area (Å²) in [6, 6.07) is 13.7. The largest absolute Gasteiger partial charge is 0.497 e. The van der Waals surface area contributed by atoms with Crippen molar-refractivity contribution in [2.24, 2.45) is 0 Å². The standard InChI is InChI=1S/C22H16ClF3N4O3/c1-32-14-7-3-5-12(9-14)16-11-17(22(24,25)26)30-20(28-16)18(23)19(29-30)21(31)27-13-6-4-8-15(10-13)33-2/h3-11H,1-2H3,(H,27,31). The minimum atomic E-state index is -4.79. The molecule has 2 aromatic carbocycles. The Labute approximate surface area is 190 Å². The molecule has 2 heterocycles. The highest BCUT2D eigenvalue weighted by Gasteiger charge is 2.36. The molecule has 0 bridgehead atoms. The molecule has 0 atom stereocenters. The molecule has 0 aliphatic heterocycles. The van der Waals surface area contributed by atoms with Gasteiger partial charge >= 0.3 is 6.18 Å². The number of carbonyl (C=O) groups excluding carboxylic acids is 1. The number of hydrogen-bond donors (Lipinski definition) is 1. The van der Waals surface area contributed by atoms with Crippen LogP contribution in [0.1, 0.15) is 16.2 Å². The molecule has 0 aliphatic carbocycles. The summed E-state index contributed by atoms with van der Waals surface area (Å²) >= 11 is 6.29. The van der Waals surface area contributed by atoms with E-state index in [0.29, 0.717) is 27.3 Å². The van der Waals surface area contributed by atoms with Gasteiger partial charge in [0, 0.05) is 17.3 Å². The van der Waals surface area contributed by atoms with Crippen molar-refractivity contribution >= 4 is 28.8 Å². The molecule has 1 N–H and O–H groups in total. The number of alkyl halides is 3. The molecule has 0 aliphatic rings. The van der Waals surface area contributed by atoms with E-state index in [1.165, 1.54) is 14.2 Å². The molecule has 0 spiro atoms. The van der Waals surface area contributed by atoms with E-state index in [1.807, 2.05) is 0 Å². The summed E-state index contributed by atoms with van der Waals surface area (Å²) in [4.78, 5) is 17.0. The lowest BCUT2D eigenvalue weighted by Gasteiger charge is -2.11. The van der Waals surface area contributed by atoms with Crippen LogP contribution < -0.4 is 14.8 Å². The molecule has 11 heteroatoms. The van der Waals surface area contributed by atoms with Gasteiger partial charge in [-0.15, -0.1) is 0 Å². The quantitative estimate of drug-likeness (QED) is 0.421. The third kappa shape index (κ3) is 4.42. The van der Waals surface area contributed by atoms with Crippen LogP contribution in [0, 0.1) is 0 Å². The Hall–Kier alpha value is -3.79. The van der Waals surface area contributed by atoms with Gasteiger partial charge in [-0.05, 0) is 30.3 Å². The third-order valence-corrected chi connectivity index (χ3v) is 5.08. The van der Waals surface area contributed by atoms with E-state index < -0.39 is 23.5 Å². The second-order valence-corrected chi connectivity index (χ2v) is 7.22. The molecule has 7 nitrogen and oxygen atoms in total. The number of halogens is 4. The number of rotatable bonds is 5. The number of anilines is 1. The van der Waals surface area contributed by atoms with Gasteiger partial charge in [0.15, 0.2) is 17.0 Å². The number of ether oxygens (including phenoxy) is 2. The van der Waals surface area contributed by atoms with Gasteiger partial charge in [0.05, 0.1) is 19.9 Å². The zero-order valence-corrected chi connectivity index (χ0v) is 18.0. The van der Waals surface area contributed by atoms with E-state index >= 15 is 0 Å². The molecule has 170 valence electrons. The maximum absolute atomic E-state index is 13.9. The van der Waals surface area contributed by atoms with Gasteiger partial charge in [-0.2, -0.15) is 18.3 Å². The Kier molecular flexibility index (Phi) is 5.86. The topological polar surface area (TPSA) is 77.8 Å². The Morgan fingerprint density at radius 1 is 1.03 bits per heavy atom. The Morgan fingerprint density at radius 2 is 1.70 bits per heavy atom. The van der Waals surface area contributed by atoms with Crippen molar-refractivity contribution in [1.82, 2.24) is 14.6 Å². The van der Waals surface area contributed by atoms with E-state index in [0.717, 1.165) is 6.07 Å². The fraction of sp³-hybridized carbons (Fsp3) is 0.136. The Bertz CT molecular complexity index is 1350. The maximum Gasteiger partial charge on any atom is 0.433 e. The number of fused-ring (bicyclic) bond motifs is 1. The van der Waals surface area contributed by atoms with E-state index in [2.05, 4.69) is 15.4 Å². The predicted octanol–water partition coefficient (Wildman–Crippen LogP) is 5.34. The minimum absolute atomic E-state index is 0.00437. The van der Waals surface area contributed by atoms with Crippen molar-refractivity contribution in [2.75, 3.05) is 19.5 Å². The zero-order chi connectivity index (χ0) is 23.8. The van der Waals surface area contributed by atoms with Crippen molar-refractivity contribution < 1.29 is 27.4 Å². The van der Waals surface area contributed by atoms with Gasteiger partial charge in [-0.25, -0.2) is 9.50 Å². The fourth-order valence-corrected chi connectivity index (χ4v) is 3.41. The number of amides is 1. The first-order valence-corrected chi connectivity index (χ1v) is 9.85. The molecule has 1 amide bonds. The highest BCUT2D eigenvalue weighted by molar-refractivity contribution is 6.37. The highest BCUT2D eigenvalue weighted by Crippen LogP contribution is 2.35. The molecule has 2 aromatic heterocycles. The SMILES string of the molecule is COc1cccc(NC(=O)c2nn3c(C(F)(F)F)cc(-c4cccc(OC)c4)nc3c2Cl)c1. The van der Waals surface area contributed by atoms with Crippen LogP contribution in [0.4, 0.5) is 18.9 Å². The molecule has 0 unspecified atom stereocenters. The van der Waals surface area contributed by atoms with E-state index in [1.54, 1.807) is 48.5 Å². The molecule has 0 fully saturated rings. The van der Waals surface area contributed by atoms with Crippen molar-refractivity contribution in [1.29, 1.82) is 0 Å². The van der Waals surface area contributed by atoms with Crippen LogP contribution in [0.3, 0.4) is 0 Å². The van der Waals surface area contributed by atoms with Crippen LogP contribution >= 0.6 is 11.6 Å². The van der Waals surface area contributed by atoms with Gasteiger partial charge in [-0.3, -0.25) is 4.79 Å². The molecule has 4 rings (SSSR count). The van der Waals surface area contributed by atoms with Crippen molar-refractivity contribution in [3.8, 4) is 22.8 Å². The lowest BCUT2D eigenvalue weighted by Crippen LogP contribution is -2.15. The molecule has 0 radical (unpaired) electrons. The summed E-state index contributed by atoms with van der Waals surface area (Å²) in [6.45, 7) is 0. The number of aromatic nitrogens is 3. The second-order valence-electron chi connectivity index (χ2n) is 6.84. The smallest absolute Gasteiger partial charge is 0.433 e. The van der Waals surface area contributed by atoms with E-state index in [9.17, 15) is 18.0 Å². The average molecular weight is 477 g/mol. The van der Waals surface area contributed by atoms with Crippen LogP contribution in [0.15, 0.2) is 54.6 Å². The van der Waals surface area contributed by atoms with Gasteiger partial charge < -0.3 is 14.8 Å². The van der Waals surface area contributed by atoms with Crippen molar-refractivity contribution in [2.45, 2.75) is 6.18 Å². The monoisotopic (exact) mass is 476 g/mol. The predicted molar refractivity (Wildman–Crippen MR) is 116 cm³/mol. The molecule has 4 aromatic rings. The first-order valence-electron chi connectivity index (χ1n) is 9.47. The first-order chi connectivity index (χ1) is 15.7. The molecule has 33 heavy (non-hydrogen) atoms. The third-order valence-electron chi connectivity index (χ3n) is 4.73. The lowest BCUT2D eigenvalue weighted by molar-refractivity contribution is -0.142. The molecule has 0 saturated heterocycles. The van der Waals surface area contributed by atoms with E-state index in [-0.39, 0.29) is 16.4 Å². The molecular formula is C22H16ClF3N4O3. The summed E-state index contributed by atoms with van der Waals surface area (Å²) in [5.41, 5.74) is -1.11. The number of nitrogens with zero attached hydrogens (tertiary/aromatic N) is 3. The van der Waals surface area contributed by atoms with Crippen LogP contribution in [0.5, 0.6) is 11.5 Å². The number of nitrogens with one attached hydrogen (secondary N) is 1. The first kappa shape index (κ1) is 22.4. The Balaban J connectivity index is 1.83. The van der Waals surface area contributed by atoms with Crippen LogP contribution in [0.25, 0.3) is 16.9 Å². The number of hydrogen-bond acceptors (Lipinski definition) is 5. The van der Waals surface area contributed by atoms with Crippen molar-refractivity contribution in [3.05, 3.63) is 71.0 Å². The number of methoxy groups -OCH3 is 2. The van der Waals surface area contributed by atoms with Gasteiger partial charge in [0.1, 0.15) is 16.5 Å². The maximum atomic E-state index is 13.9. The summed E-state index contributed by atoms with van der Waals surface area (Å²) in [5, 5.41) is 6.06. The van der Waals surface area contributed by atoms with Gasteiger partial charge in [0.2, 0.25) is 0 Å². The average Bonchev–Trinajstić information content (AvgIpc) is 3.14. The summed E-state index contributed by atoms with van der Waals surface area (Å²) in [5.74, 6) is 0.133. The molecular weight excluding hydrogens is 461 g/mol. The normalized spacial score (nSPS) is 11.5.